The zero-order chi connectivity index (χ0) is 9.97. The van der Waals surface area contributed by atoms with Crippen LogP contribution in [0.2, 0.25) is 0 Å². The molecule has 0 aliphatic rings. The van der Waals surface area contributed by atoms with Crippen LogP contribution in [0, 0.1) is 0 Å². The summed E-state index contributed by atoms with van der Waals surface area (Å²) in [5.74, 6) is 0.121. The van der Waals surface area contributed by atoms with E-state index in [1.54, 1.807) is 30.5 Å². The zero-order valence-electron chi connectivity index (χ0n) is 7.25. The Balaban J connectivity index is 2.81. The SMILES string of the molecule is O/N=C/c1ccnc2c(O)cccc12. The van der Waals surface area contributed by atoms with E-state index in [1.807, 2.05) is 0 Å². The highest BCUT2D eigenvalue weighted by molar-refractivity contribution is 5.99. The van der Waals surface area contributed by atoms with Crippen LogP contribution in [0.3, 0.4) is 0 Å². The summed E-state index contributed by atoms with van der Waals surface area (Å²) in [4.78, 5) is 4.03. The zero-order valence-corrected chi connectivity index (χ0v) is 7.25. The molecule has 0 atom stereocenters. The van der Waals surface area contributed by atoms with Gasteiger partial charge in [0.25, 0.3) is 0 Å². The number of pyridine rings is 1. The molecule has 0 unspecified atom stereocenters. The van der Waals surface area contributed by atoms with Crippen molar-refractivity contribution in [3.05, 3.63) is 36.0 Å². The van der Waals surface area contributed by atoms with Crippen LogP contribution in [0.4, 0.5) is 0 Å². The van der Waals surface area contributed by atoms with Gasteiger partial charge >= 0.3 is 0 Å². The fourth-order valence-electron chi connectivity index (χ4n) is 1.36. The van der Waals surface area contributed by atoms with Gasteiger partial charge in [-0.25, -0.2) is 0 Å². The maximum atomic E-state index is 9.49. The van der Waals surface area contributed by atoms with Gasteiger partial charge in [-0.15, -0.1) is 0 Å². The third kappa shape index (κ3) is 1.26. The first kappa shape index (κ1) is 8.50. The Morgan fingerprint density at radius 1 is 1.29 bits per heavy atom. The van der Waals surface area contributed by atoms with E-state index in [2.05, 4.69) is 10.1 Å². The molecule has 0 amide bonds. The Kier molecular flexibility index (Phi) is 2.02. The van der Waals surface area contributed by atoms with Crippen LogP contribution in [-0.4, -0.2) is 21.5 Å². The van der Waals surface area contributed by atoms with Crippen molar-refractivity contribution >= 4 is 17.1 Å². The van der Waals surface area contributed by atoms with Gasteiger partial charge in [-0.3, -0.25) is 4.98 Å². The third-order valence-corrected chi connectivity index (χ3v) is 1.98. The molecule has 0 fully saturated rings. The van der Waals surface area contributed by atoms with Gasteiger partial charge in [0.05, 0.1) is 6.21 Å². The standard InChI is InChI=1S/C10H8N2O2/c13-9-3-1-2-8-7(6-12-14)4-5-11-10(8)9/h1-6,13-14H/b12-6+. The van der Waals surface area contributed by atoms with Crippen LogP contribution in [0.15, 0.2) is 35.6 Å². The number of fused-ring (bicyclic) bond motifs is 1. The Morgan fingerprint density at radius 2 is 2.14 bits per heavy atom. The van der Waals surface area contributed by atoms with Crippen molar-refractivity contribution in [3.63, 3.8) is 0 Å². The fourth-order valence-corrected chi connectivity index (χ4v) is 1.36. The number of nitrogens with zero attached hydrogens (tertiary/aromatic N) is 2. The fraction of sp³-hybridized carbons (Fsp3) is 0. The predicted molar refractivity (Wildman–Crippen MR) is 52.8 cm³/mol. The number of aromatic nitrogens is 1. The van der Waals surface area contributed by atoms with E-state index in [0.29, 0.717) is 11.1 Å². The smallest absolute Gasteiger partial charge is 0.141 e. The Hall–Kier alpha value is -2.10. The number of para-hydroxylation sites is 1. The Labute approximate surface area is 80.1 Å². The van der Waals surface area contributed by atoms with Crippen LogP contribution in [0.5, 0.6) is 5.75 Å². The molecule has 1 aromatic heterocycles. The minimum Gasteiger partial charge on any atom is -0.506 e. The van der Waals surface area contributed by atoms with Crippen LogP contribution in [-0.2, 0) is 0 Å². The molecule has 70 valence electrons. The molecule has 4 nitrogen and oxygen atoms in total. The lowest BCUT2D eigenvalue weighted by molar-refractivity contribution is 0.322. The summed E-state index contributed by atoms with van der Waals surface area (Å²) in [6, 6.07) is 6.80. The van der Waals surface area contributed by atoms with E-state index >= 15 is 0 Å². The number of aromatic hydroxyl groups is 1. The molecule has 0 radical (unpaired) electrons. The summed E-state index contributed by atoms with van der Waals surface area (Å²) in [6.07, 6.45) is 2.86. The summed E-state index contributed by atoms with van der Waals surface area (Å²) >= 11 is 0. The monoisotopic (exact) mass is 188 g/mol. The molecule has 0 spiro atoms. The highest BCUT2D eigenvalue weighted by Gasteiger charge is 2.02. The molecular formula is C10H8N2O2. The second kappa shape index (κ2) is 3.33. The summed E-state index contributed by atoms with van der Waals surface area (Å²) in [5.41, 5.74) is 1.22. The van der Waals surface area contributed by atoms with Crippen molar-refractivity contribution in [2.45, 2.75) is 0 Å². The number of hydrogen-bond donors (Lipinski definition) is 2. The minimum absolute atomic E-state index is 0.121. The van der Waals surface area contributed by atoms with Crippen LogP contribution < -0.4 is 0 Å². The first-order valence-electron chi connectivity index (χ1n) is 4.07. The van der Waals surface area contributed by atoms with Gasteiger partial charge in [-0.2, -0.15) is 0 Å². The highest BCUT2D eigenvalue weighted by atomic mass is 16.4. The Morgan fingerprint density at radius 3 is 2.93 bits per heavy atom. The normalized spacial score (nSPS) is 11.1. The van der Waals surface area contributed by atoms with Crippen molar-refractivity contribution in [1.29, 1.82) is 0 Å². The maximum Gasteiger partial charge on any atom is 0.141 e. The average Bonchev–Trinajstić information content (AvgIpc) is 2.20. The number of phenols is 1. The molecular weight excluding hydrogens is 180 g/mol. The molecule has 2 aromatic rings. The molecule has 1 aromatic carbocycles. The molecule has 14 heavy (non-hydrogen) atoms. The molecule has 0 aliphatic carbocycles. The second-order valence-corrected chi connectivity index (χ2v) is 2.82. The highest BCUT2D eigenvalue weighted by Crippen LogP contribution is 2.23. The summed E-state index contributed by atoms with van der Waals surface area (Å²) in [7, 11) is 0. The van der Waals surface area contributed by atoms with Gasteiger partial charge in [0.15, 0.2) is 0 Å². The topological polar surface area (TPSA) is 65.7 Å². The van der Waals surface area contributed by atoms with Gasteiger partial charge in [0, 0.05) is 17.1 Å². The van der Waals surface area contributed by atoms with Crippen molar-refractivity contribution in [3.8, 4) is 5.75 Å². The second-order valence-electron chi connectivity index (χ2n) is 2.82. The first-order valence-corrected chi connectivity index (χ1v) is 4.07. The van der Waals surface area contributed by atoms with Crippen LogP contribution >= 0.6 is 0 Å². The van der Waals surface area contributed by atoms with E-state index in [0.717, 1.165) is 5.39 Å². The average molecular weight is 188 g/mol. The van der Waals surface area contributed by atoms with Crippen molar-refractivity contribution in [2.75, 3.05) is 0 Å². The van der Waals surface area contributed by atoms with Gasteiger partial charge < -0.3 is 10.3 Å². The predicted octanol–water partition coefficient (Wildman–Crippen LogP) is 1.75. The maximum absolute atomic E-state index is 9.49. The summed E-state index contributed by atoms with van der Waals surface area (Å²) in [5, 5.41) is 21.6. The van der Waals surface area contributed by atoms with Crippen LogP contribution in [0.1, 0.15) is 5.56 Å². The summed E-state index contributed by atoms with van der Waals surface area (Å²) < 4.78 is 0. The summed E-state index contributed by atoms with van der Waals surface area (Å²) in [6.45, 7) is 0. The third-order valence-electron chi connectivity index (χ3n) is 1.98. The molecule has 0 aliphatic heterocycles. The molecule has 0 saturated carbocycles. The minimum atomic E-state index is 0.121. The lowest BCUT2D eigenvalue weighted by Crippen LogP contribution is -1.87. The van der Waals surface area contributed by atoms with E-state index < -0.39 is 0 Å². The van der Waals surface area contributed by atoms with Crippen molar-refractivity contribution in [2.24, 2.45) is 5.16 Å². The van der Waals surface area contributed by atoms with Gasteiger partial charge in [0.1, 0.15) is 11.3 Å². The van der Waals surface area contributed by atoms with Gasteiger partial charge in [-0.05, 0) is 12.1 Å². The van der Waals surface area contributed by atoms with E-state index in [4.69, 9.17) is 5.21 Å². The largest absolute Gasteiger partial charge is 0.506 e. The molecule has 0 saturated heterocycles. The van der Waals surface area contributed by atoms with Crippen molar-refractivity contribution < 1.29 is 10.3 Å². The number of phenolic OH excluding ortho intramolecular Hbond substituents is 1. The number of benzene rings is 1. The van der Waals surface area contributed by atoms with Gasteiger partial charge in [-0.1, -0.05) is 17.3 Å². The van der Waals surface area contributed by atoms with E-state index in [9.17, 15) is 5.11 Å². The molecule has 2 rings (SSSR count). The molecule has 2 N–H and O–H groups in total. The number of hydrogen-bond acceptors (Lipinski definition) is 4. The molecule has 1 heterocycles. The van der Waals surface area contributed by atoms with E-state index in [1.165, 1.54) is 6.21 Å². The van der Waals surface area contributed by atoms with Crippen molar-refractivity contribution in [1.82, 2.24) is 4.98 Å². The molecule has 0 bridgehead atoms. The lowest BCUT2D eigenvalue weighted by Gasteiger charge is -2.01. The molecule has 4 heteroatoms. The Bertz CT molecular complexity index is 494. The number of rotatable bonds is 1. The van der Waals surface area contributed by atoms with Gasteiger partial charge in [0.2, 0.25) is 0 Å². The van der Waals surface area contributed by atoms with Crippen LogP contribution in [0.25, 0.3) is 10.9 Å². The quantitative estimate of drug-likeness (QED) is 0.407. The van der Waals surface area contributed by atoms with E-state index in [-0.39, 0.29) is 5.75 Å². The lowest BCUT2D eigenvalue weighted by atomic mass is 10.1. The number of oxime groups is 1. The first-order chi connectivity index (χ1) is 6.83.